The van der Waals surface area contributed by atoms with Crippen molar-refractivity contribution in [3.05, 3.63) is 11.1 Å². The number of thiazole rings is 1. The first-order valence-corrected chi connectivity index (χ1v) is 12.5. The number of nitrogens with zero attached hydrogens (tertiary/aromatic N) is 3. The number of likely N-dealkylation sites (tertiary alicyclic amines) is 2. The first kappa shape index (κ1) is 21.6. The van der Waals surface area contributed by atoms with E-state index in [0.29, 0.717) is 24.1 Å². The number of rotatable bonds is 8. The standard InChI is InChI=1S/C20H32N4O2S2/c1-3-23-10-4-5-16(23)13-21-18(25)7-6-15-8-11-24(12-9-15)19(26)17-14-28-20(22-17)27-2/h14-16H,3-13H2,1-2H3,(H,21,25). The average Bonchev–Trinajstić information content (AvgIpc) is 3.39. The predicted molar refractivity (Wildman–Crippen MR) is 115 cm³/mol. The number of aromatic nitrogens is 1. The lowest BCUT2D eigenvalue weighted by Gasteiger charge is -2.31. The van der Waals surface area contributed by atoms with E-state index in [2.05, 4.69) is 22.1 Å². The summed E-state index contributed by atoms with van der Waals surface area (Å²) in [6.45, 7) is 6.74. The van der Waals surface area contributed by atoms with Crippen molar-refractivity contribution in [2.24, 2.45) is 5.92 Å². The van der Waals surface area contributed by atoms with Crippen LogP contribution < -0.4 is 5.32 Å². The van der Waals surface area contributed by atoms with Gasteiger partial charge in [-0.15, -0.1) is 11.3 Å². The lowest BCUT2D eigenvalue weighted by Crippen LogP contribution is -2.40. The summed E-state index contributed by atoms with van der Waals surface area (Å²) in [5, 5.41) is 4.99. The number of thioether (sulfide) groups is 1. The molecule has 2 saturated heterocycles. The van der Waals surface area contributed by atoms with E-state index < -0.39 is 0 Å². The molecule has 156 valence electrons. The predicted octanol–water partition coefficient (Wildman–Crippen LogP) is 3.10. The highest BCUT2D eigenvalue weighted by Gasteiger charge is 2.26. The number of hydrogen-bond acceptors (Lipinski definition) is 6. The molecule has 0 aromatic carbocycles. The average molecular weight is 425 g/mol. The van der Waals surface area contributed by atoms with E-state index in [1.54, 1.807) is 11.8 Å². The maximum absolute atomic E-state index is 12.6. The Morgan fingerprint density at radius 3 is 2.75 bits per heavy atom. The summed E-state index contributed by atoms with van der Waals surface area (Å²) in [7, 11) is 0. The molecule has 1 N–H and O–H groups in total. The number of nitrogens with one attached hydrogen (secondary N) is 1. The van der Waals surface area contributed by atoms with Gasteiger partial charge in [0.15, 0.2) is 0 Å². The normalized spacial score (nSPS) is 21.2. The fraction of sp³-hybridized carbons (Fsp3) is 0.750. The smallest absolute Gasteiger partial charge is 0.273 e. The molecule has 2 aliphatic heterocycles. The van der Waals surface area contributed by atoms with Crippen LogP contribution in [0.15, 0.2) is 9.72 Å². The number of carbonyl (C=O) groups is 2. The van der Waals surface area contributed by atoms with Crippen LogP contribution in [-0.4, -0.2) is 71.6 Å². The molecule has 0 spiro atoms. The van der Waals surface area contributed by atoms with Crippen LogP contribution in [-0.2, 0) is 4.79 Å². The Labute approximate surface area is 176 Å². The molecule has 0 saturated carbocycles. The molecular weight excluding hydrogens is 392 g/mol. The molecular formula is C20H32N4O2S2. The number of hydrogen-bond donors (Lipinski definition) is 1. The highest BCUT2D eigenvalue weighted by atomic mass is 32.2. The summed E-state index contributed by atoms with van der Waals surface area (Å²) in [4.78, 5) is 33.5. The Balaban J connectivity index is 1.34. The molecule has 1 aromatic rings. The van der Waals surface area contributed by atoms with Crippen molar-refractivity contribution >= 4 is 34.9 Å². The maximum Gasteiger partial charge on any atom is 0.273 e. The van der Waals surface area contributed by atoms with Gasteiger partial charge in [-0.3, -0.25) is 14.5 Å². The topological polar surface area (TPSA) is 65.5 Å². The number of piperidine rings is 1. The summed E-state index contributed by atoms with van der Waals surface area (Å²) < 4.78 is 0.934. The van der Waals surface area contributed by atoms with Gasteiger partial charge in [0, 0.05) is 37.5 Å². The fourth-order valence-electron chi connectivity index (χ4n) is 4.23. The highest BCUT2D eigenvalue weighted by molar-refractivity contribution is 8.00. The first-order valence-electron chi connectivity index (χ1n) is 10.4. The minimum atomic E-state index is 0.0461. The fourth-order valence-corrected chi connectivity index (χ4v) is 5.47. The molecule has 28 heavy (non-hydrogen) atoms. The maximum atomic E-state index is 12.6. The molecule has 2 amide bonds. The van der Waals surface area contributed by atoms with Gasteiger partial charge >= 0.3 is 0 Å². The highest BCUT2D eigenvalue weighted by Crippen LogP contribution is 2.25. The summed E-state index contributed by atoms with van der Waals surface area (Å²) >= 11 is 3.10. The lowest BCUT2D eigenvalue weighted by molar-refractivity contribution is -0.121. The zero-order valence-electron chi connectivity index (χ0n) is 17.0. The third kappa shape index (κ3) is 5.70. The van der Waals surface area contributed by atoms with Crippen molar-refractivity contribution in [3.63, 3.8) is 0 Å². The Kier molecular flexibility index (Phi) is 8.17. The molecule has 2 aliphatic rings. The molecule has 8 heteroatoms. The molecule has 0 bridgehead atoms. The van der Waals surface area contributed by atoms with Crippen molar-refractivity contribution in [3.8, 4) is 0 Å². The minimum absolute atomic E-state index is 0.0461. The van der Waals surface area contributed by atoms with Crippen LogP contribution in [0.3, 0.4) is 0 Å². The van der Waals surface area contributed by atoms with Gasteiger partial charge in [-0.05, 0) is 57.4 Å². The van der Waals surface area contributed by atoms with Crippen molar-refractivity contribution in [1.29, 1.82) is 0 Å². The second-order valence-corrected chi connectivity index (χ2v) is 9.62. The Morgan fingerprint density at radius 1 is 1.29 bits per heavy atom. The molecule has 3 heterocycles. The molecule has 1 unspecified atom stereocenters. The van der Waals surface area contributed by atoms with Crippen molar-refractivity contribution in [2.45, 2.75) is 55.8 Å². The van der Waals surface area contributed by atoms with E-state index in [-0.39, 0.29) is 11.8 Å². The summed E-state index contributed by atoms with van der Waals surface area (Å²) in [6.07, 6.45) is 7.88. The van der Waals surface area contributed by atoms with E-state index in [4.69, 9.17) is 0 Å². The Hall–Kier alpha value is -1.12. The molecule has 0 radical (unpaired) electrons. The van der Waals surface area contributed by atoms with E-state index in [1.165, 1.54) is 24.2 Å². The van der Waals surface area contributed by atoms with Gasteiger partial charge in [0.1, 0.15) is 10.0 Å². The Bertz CT molecular complexity index is 658. The van der Waals surface area contributed by atoms with E-state index in [1.807, 2.05) is 16.5 Å². The van der Waals surface area contributed by atoms with Gasteiger partial charge in [0.25, 0.3) is 5.91 Å². The van der Waals surface area contributed by atoms with E-state index in [0.717, 1.165) is 56.3 Å². The molecule has 3 rings (SSSR count). The monoisotopic (exact) mass is 424 g/mol. The molecule has 6 nitrogen and oxygen atoms in total. The molecule has 2 fully saturated rings. The minimum Gasteiger partial charge on any atom is -0.355 e. The zero-order chi connectivity index (χ0) is 19.9. The SMILES string of the molecule is CCN1CCCC1CNC(=O)CCC1CCN(C(=O)c2csc(SC)n2)CC1. The van der Waals surface area contributed by atoms with Crippen LogP contribution in [0.4, 0.5) is 0 Å². The Morgan fingerprint density at radius 2 is 2.07 bits per heavy atom. The van der Waals surface area contributed by atoms with Crippen LogP contribution in [0.5, 0.6) is 0 Å². The molecule has 0 aliphatic carbocycles. The van der Waals surface area contributed by atoms with Crippen LogP contribution in [0.25, 0.3) is 0 Å². The van der Waals surface area contributed by atoms with Gasteiger partial charge in [-0.25, -0.2) is 4.98 Å². The van der Waals surface area contributed by atoms with Crippen LogP contribution in [0.1, 0.15) is 55.9 Å². The quantitative estimate of drug-likeness (QED) is 0.650. The summed E-state index contributed by atoms with van der Waals surface area (Å²) in [6, 6.07) is 0.514. The van der Waals surface area contributed by atoms with E-state index >= 15 is 0 Å². The second kappa shape index (κ2) is 10.6. The van der Waals surface area contributed by atoms with Crippen molar-refractivity contribution in [2.75, 3.05) is 39.0 Å². The van der Waals surface area contributed by atoms with Crippen LogP contribution in [0, 0.1) is 5.92 Å². The zero-order valence-corrected chi connectivity index (χ0v) is 18.6. The van der Waals surface area contributed by atoms with Gasteiger partial charge in [-0.1, -0.05) is 18.7 Å². The van der Waals surface area contributed by atoms with Crippen molar-refractivity contribution < 1.29 is 9.59 Å². The van der Waals surface area contributed by atoms with E-state index in [9.17, 15) is 9.59 Å². The number of amides is 2. The summed E-state index contributed by atoms with van der Waals surface area (Å²) in [5.74, 6) is 0.754. The van der Waals surface area contributed by atoms with Crippen molar-refractivity contribution in [1.82, 2.24) is 20.1 Å². The third-order valence-corrected chi connectivity index (χ3v) is 7.86. The van der Waals surface area contributed by atoms with Crippen LogP contribution in [0.2, 0.25) is 0 Å². The largest absolute Gasteiger partial charge is 0.355 e. The number of carbonyl (C=O) groups excluding carboxylic acids is 2. The van der Waals surface area contributed by atoms with Gasteiger partial charge < -0.3 is 10.2 Å². The first-order chi connectivity index (χ1) is 13.6. The van der Waals surface area contributed by atoms with Gasteiger partial charge in [-0.2, -0.15) is 0 Å². The number of likely N-dealkylation sites (N-methyl/N-ethyl adjacent to an activating group) is 1. The summed E-state index contributed by atoms with van der Waals surface area (Å²) in [5.41, 5.74) is 0.570. The third-order valence-electron chi connectivity index (χ3n) is 6.00. The molecule has 1 atom stereocenters. The second-order valence-electron chi connectivity index (χ2n) is 7.71. The van der Waals surface area contributed by atoms with Crippen LogP contribution >= 0.6 is 23.1 Å². The van der Waals surface area contributed by atoms with Gasteiger partial charge in [0.2, 0.25) is 5.91 Å². The lowest BCUT2D eigenvalue weighted by atomic mass is 9.92. The molecule has 1 aromatic heterocycles. The van der Waals surface area contributed by atoms with Gasteiger partial charge in [0.05, 0.1) is 0 Å².